The van der Waals surface area contributed by atoms with Crippen LogP contribution < -0.4 is 19.9 Å². The Balaban J connectivity index is 0.000000147. The number of rotatable bonds is 2. The van der Waals surface area contributed by atoms with Crippen molar-refractivity contribution in [1.29, 1.82) is 0 Å². The normalized spacial score (nSPS) is 9.52. The molecule has 21 heavy (non-hydrogen) atoms. The second-order valence-electron chi connectivity index (χ2n) is 4.09. The second-order valence-corrected chi connectivity index (χ2v) is 4.09. The quantitative estimate of drug-likeness (QED) is 0.534. The third-order valence-electron chi connectivity index (χ3n) is 2.74. The molecule has 0 spiro atoms. The molecule has 0 saturated heterocycles. The zero-order chi connectivity index (χ0) is 13.6. The number of aromatic nitrogens is 4. The molecule has 0 aliphatic carbocycles. The number of hydrogen-bond acceptors (Lipinski definition) is 0. The standard InChI is InChI=1S/2C8H6N2.Ti/c2*1-3-7(9-5-1)8-4-2-6-10-8;/h2*1-6H;/q2*-2;+4. The minimum Gasteiger partial charge on any atom is -0.665 e. The zero-order valence-electron chi connectivity index (χ0n) is 11.2. The van der Waals surface area contributed by atoms with Crippen molar-refractivity contribution >= 4 is 0 Å². The summed E-state index contributed by atoms with van der Waals surface area (Å²) in [6, 6.07) is 15.4. The maximum Gasteiger partial charge on any atom is 4.00 e. The van der Waals surface area contributed by atoms with E-state index < -0.39 is 0 Å². The van der Waals surface area contributed by atoms with Gasteiger partial charge in [0.1, 0.15) is 0 Å². The van der Waals surface area contributed by atoms with Gasteiger partial charge in [-0.25, -0.2) is 0 Å². The molecular weight excluding hydrogens is 296 g/mol. The first-order chi connectivity index (χ1) is 9.93. The van der Waals surface area contributed by atoms with Gasteiger partial charge in [-0.05, 0) is 0 Å². The van der Waals surface area contributed by atoms with Gasteiger partial charge < -0.3 is 19.9 Å². The molecule has 0 N–H and O–H groups in total. The topological polar surface area (TPSA) is 56.4 Å². The van der Waals surface area contributed by atoms with Crippen LogP contribution in [0.15, 0.2) is 73.3 Å². The van der Waals surface area contributed by atoms with E-state index in [2.05, 4.69) is 19.9 Å². The molecule has 0 atom stereocenters. The molecule has 4 aromatic rings. The molecule has 4 nitrogen and oxygen atoms in total. The first kappa shape index (κ1) is 15.2. The molecular formula is C16H12N4Ti. The maximum atomic E-state index is 4.10. The summed E-state index contributed by atoms with van der Waals surface area (Å²) in [5.74, 6) is 0. The molecule has 0 radical (unpaired) electrons. The van der Waals surface area contributed by atoms with Crippen LogP contribution in [0.4, 0.5) is 0 Å². The zero-order valence-corrected chi connectivity index (χ0v) is 12.8. The summed E-state index contributed by atoms with van der Waals surface area (Å²) < 4.78 is 0. The van der Waals surface area contributed by atoms with Crippen LogP contribution in [0.2, 0.25) is 0 Å². The Morgan fingerprint density at radius 1 is 0.429 bits per heavy atom. The SMILES string of the molecule is [Ti+4].c1c[n-]c(-c2ccc[n-]2)c1.c1c[n-]c(-c2ccc[n-]2)c1. The van der Waals surface area contributed by atoms with Crippen molar-refractivity contribution < 1.29 is 21.7 Å². The van der Waals surface area contributed by atoms with Crippen LogP contribution >= 0.6 is 0 Å². The molecule has 0 aliphatic heterocycles. The Bertz CT molecular complexity index is 564. The minimum atomic E-state index is 0. The molecule has 0 aromatic carbocycles. The summed E-state index contributed by atoms with van der Waals surface area (Å²) in [6.45, 7) is 0. The van der Waals surface area contributed by atoms with Crippen LogP contribution in [-0.4, -0.2) is 0 Å². The minimum absolute atomic E-state index is 0. The fourth-order valence-corrected chi connectivity index (χ4v) is 1.81. The summed E-state index contributed by atoms with van der Waals surface area (Å²) >= 11 is 0. The average molecular weight is 308 g/mol. The van der Waals surface area contributed by atoms with E-state index >= 15 is 0 Å². The Morgan fingerprint density at radius 2 is 0.667 bits per heavy atom. The summed E-state index contributed by atoms with van der Waals surface area (Å²) in [7, 11) is 0. The Hall–Kier alpha value is -2.17. The van der Waals surface area contributed by atoms with Crippen molar-refractivity contribution in [2.75, 3.05) is 0 Å². The van der Waals surface area contributed by atoms with E-state index in [1.807, 2.05) is 48.5 Å². The van der Waals surface area contributed by atoms with Crippen molar-refractivity contribution in [2.24, 2.45) is 0 Å². The molecule has 0 saturated carbocycles. The van der Waals surface area contributed by atoms with E-state index in [1.165, 1.54) is 0 Å². The Morgan fingerprint density at radius 3 is 0.810 bits per heavy atom. The van der Waals surface area contributed by atoms with Crippen LogP contribution in [0.25, 0.3) is 22.8 Å². The van der Waals surface area contributed by atoms with Gasteiger partial charge in [0.15, 0.2) is 0 Å². The third kappa shape index (κ3) is 3.91. The van der Waals surface area contributed by atoms with Crippen LogP contribution in [0.1, 0.15) is 0 Å². The summed E-state index contributed by atoms with van der Waals surface area (Å²) in [4.78, 5) is 16.4. The van der Waals surface area contributed by atoms with Crippen LogP contribution in [0.5, 0.6) is 0 Å². The van der Waals surface area contributed by atoms with Crippen molar-refractivity contribution in [3.8, 4) is 22.8 Å². The predicted octanol–water partition coefficient (Wildman–Crippen LogP) is 2.53. The summed E-state index contributed by atoms with van der Waals surface area (Å²) in [5, 5.41) is 0. The van der Waals surface area contributed by atoms with Gasteiger partial charge in [0, 0.05) is 0 Å². The fourth-order valence-electron chi connectivity index (χ4n) is 1.81. The predicted molar refractivity (Wildman–Crippen MR) is 77.0 cm³/mol. The van der Waals surface area contributed by atoms with Gasteiger partial charge in [0.2, 0.25) is 0 Å². The number of hydrogen-bond donors (Lipinski definition) is 0. The van der Waals surface area contributed by atoms with E-state index in [1.54, 1.807) is 24.8 Å². The molecule has 4 heterocycles. The van der Waals surface area contributed by atoms with E-state index in [0.29, 0.717) is 0 Å². The van der Waals surface area contributed by atoms with Crippen molar-refractivity contribution in [3.63, 3.8) is 0 Å². The van der Waals surface area contributed by atoms with E-state index in [9.17, 15) is 0 Å². The second kappa shape index (κ2) is 7.57. The van der Waals surface area contributed by atoms with Crippen LogP contribution in [0.3, 0.4) is 0 Å². The molecule has 0 aliphatic rings. The Labute approximate surface area is 137 Å². The van der Waals surface area contributed by atoms with Crippen molar-refractivity contribution in [1.82, 2.24) is 19.9 Å². The molecule has 0 bridgehead atoms. The molecule has 4 aromatic heterocycles. The van der Waals surface area contributed by atoms with Gasteiger partial charge in [0.25, 0.3) is 0 Å². The smallest absolute Gasteiger partial charge is 0.665 e. The van der Waals surface area contributed by atoms with Gasteiger partial charge in [-0.3, -0.25) is 0 Å². The molecule has 100 valence electrons. The molecule has 0 fully saturated rings. The molecule has 5 heteroatoms. The van der Waals surface area contributed by atoms with Crippen molar-refractivity contribution in [2.45, 2.75) is 0 Å². The molecule has 0 amide bonds. The van der Waals surface area contributed by atoms with Gasteiger partial charge in [-0.2, -0.15) is 47.6 Å². The molecule has 0 unspecified atom stereocenters. The van der Waals surface area contributed by atoms with Crippen molar-refractivity contribution in [3.05, 3.63) is 73.3 Å². The van der Waals surface area contributed by atoms with E-state index in [4.69, 9.17) is 0 Å². The first-order valence-corrected chi connectivity index (χ1v) is 6.25. The first-order valence-electron chi connectivity index (χ1n) is 6.25. The van der Waals surface area contributed by atoms with Gasteiger partial charge in [-0.15, -0.1) is 0 Å². The average Bonchev–Trinajstić information content (AvgIpc) is 3.29. The molecule has 4 rings (SSSR count). The monoisotopic (exact) mass is 308 g/mol. The maximum absolute atomic E-state index is 4.10. The van der Waals surface area contributed by atoms with Gasteiger partial charge in [0.05, 0.1) is 0 Å². The van der Waals surface area contributed by atoms with E-state index in [0.717, 1.165) is 22.8 Å². The van der Waals surface area contributed by atoms with E-state index in [-0.39, 0.29) is 21.7 Å². The summed E-state index contributed by atoms with van der Waals surface area (Å²) in [5.41, 5.74) is 3.80. The number of nitrogens with zero attached hydrogens (tertiary/aromatic N) is 4. The summed E-state index contributed by atoms with van der Waals surface area (Å²) in [6.07, 6.45) is 7.07. The fraction of sp³-hybridized carbons (Fsp3) is 0. The third-order valence-corrected chi connectivity index (χ3v) is 2.74. The van der Waals surface area contributed by atoms with Crippen LogP contribution in [0, 0.1) is 0 Å². The largest absolute Gasteiger partial charge is 4.00 e. The van der Waals surface area contributed by atoms with Crippen LogP contribution in [-0.2, 0) is 21.7 Å². The Kier molecular flexibility index (Phi) is 5.49. The van der Waals surface area contributed by atoms with Gasteiger partial charge >= 0.3 is 21.7 Å². The van der Waals surface area contributed by atoms with Gasteiger partial charge in [-0.1, -0.05) is 48.5 Å².